The van der Waals surface area contributed by atoms with Crippen LogP contribution in [0.5, 0.6) is 5.75 Å². The van der Waals surface area contributed by atoms with Crippen LogP contribution in [0.3, 0.4) is 0 Å². The number of rotatable bonds is 7. The molecule has 0 fully saturated rings. The average Bonchev–Trinajstić information content (AvgIpc) is 2.46. The lowest BCUT2D eigenvalue weighted by Gasteiger charge is -2.28. The smallest absolute Gasteiger partial charge is 0.330 e. The maximum absolute atomic E-state index is 13.8. The Balaban J connectivity index is 3.09. The van der Waals surface area contributed by atoms with Crippen LogP contribution in [-0.4, -0.2) is 40.5 Å². The van der Waals surface area contributed by atoms with E-state index in [-0.39, 0.29) is 5.75 Å². The zero-order valence-electron chi connectivity index (χ0n) is 12.2. The molecule has 6 heteroatoms. The molecule has 0 bridgehead atoms. The van der Waals surface area contributed by atoms with Gasteiger partial charge in [-0.05, 0) is 24.6 Å². The number of nitrogens with one attached hydrogen (secondary N) is 1. The highest BCUT2D eigenvalue weighted by Crippen LogP contribution is 2.27. The van der Waals surface area contributed by atoms with Gasteiger partial charge in [0.15, 0.2) is 11.6 Å². The lowest BCUT2D eigenvalue weighted by molar-refractivity contribution is -0.148. The van der Waals surface area contributed by atoms with E-state index in [2.05, 4.69) is 5.32 Å². The molecule has 0 aliphatic heterocycles. The molecule has 0 amide bonds. The number of methoxy groups -OCH3 is 3. The summed E-state index contributed by atoms with van der Waals surface area (Å²) in [4.78, 5) is 12.0. The number of benzene rings is 1. The van der Waals surface area contributed by atoms with Gasteiger partial charge in [0.2, 0.25) is 0 Å². The molecule has 0 heterocycles. The quantitative estimate of drug-likeness (QED) is 0.607. The molecule has 1 unspecified atom stereocenters. The summed E-state index contributed by atoms with van der Waals surface area (Å²) in [5.74, 6) is -0.912. The maximum Gasteiger partial charge on any atom is 0.330 e. The Bertz CT molecular complexity index is 466. The molecular formula is C14H20FNO4. The molecule has 0 radical (unpaired) electrons. The van der Waals surface area contributed by atoms with E-state index >= 15 is 0 Å². The van der Waals surface area contributed by atoms with E-state index in [4.69, 9.17) is 14.2 Å². The summed E-state index contributed by atoms with van der Waals surface area (Å²) in [5.41, 5.74) is -0.695. The number of hydrogen-bond donors (Lipinski definition) is 1. The number of halogens is 1. The number of hydrogen-bond acceptors (Lipinski definition) is 5. The molecule has 5 nitrogen and oxygen atoms in total. The number of ether oxygens (including phenoxy) is 3. The first kappa shape index (κ1) is 16.4. The van der Waals surface area contributed by atoms with Crippen molar-refractivity contribution < 1.29 is 23.4 Å². The summed E-state index contributed by atoms with van der Waals surface area (Å²) in [7, 11) is 4.23. The van der Waals surface area contributed by atoms with Crippen molar-refractivity contribution in [3.8, 4) is 5.75 Å². The topological polar surface area (TPSA) is 56.8 Å². The Morgan fingerprint density at radius 2 is 2.05 bits per heavy atom. The minimum atomic E-state index is -1.15. The van der Waals surface area contributed by atoms with Gasteiger partial charge in [-0.2, -0.15) is 0 Å². The number of carbonyl (C=O) groups is 1. The Labute approximate surface area is 118 Å². The van der Waals surface area contributed by atoms with Crippen molar-refractivity contribution in [2.45, 2.75) is 12.5 Å². The highest BCUT2D eigenvalue weighted by Gasteiger charge is 2.36. The van der Waals surface area contributed by atoms with Crippen molar-refractivity contribution in [3.05, 3.63) is 29.6 Å². The SMILES string of the molecule is COCCNC(C)(C(=O)OC)c1ccc(OC)c(F)c1. The largest absolute Gasteiger partial charge is 0.494 e. The first-order chi connectivity index (χ1) is 9.49. The van der Waals surface area contributed by atoms with Gasteiger partial charge in [-0.15, -0.1) is 0 Å². The van der Waals surface area contributed by atoms with Crippen LogP contribution in [0.1, 0.15) is 12.5 Å². The molecule has 0 aromatic heterocycles. The van der Waals surface area contributed by atoms with E-state index < -0.39 is 17.3 Å². The van der Waals surface area contributed by atoms with Crippen molar-refractivity contribution in [1.82, 2.24) is 5.32 Å². The Hall–Kier alpha value is -1.66. The Morgan fingerprint density at radius 3 is 2.55 bits per heavy atom. The lowest BCUT2D eigenvalue weighted by atomic mass is 9.91. The minimum Gasteiger partial charge on any atom is -0.494 e. The molecular weight excluding hydrogens is 265 g/mol. The molecule has 0 saturated carbocycles. The van der Waals surface area contributed by atoms with Crippen LogP contribution in [0.2, 0.25) is 0 Å². The minimum absolute atomic E-state index is 0.123. The first-order valence-corrected chi connectivity index (χ1v) is 6.16. The van der Waals surface area contributed by atoms with Gasteiger partial charge in [0, 0.05) is 13.7 Å². The molecule has 20 heavy (non-hydrogen) atoms. The van der Waals surface area contributed by atoms with E-state index in [1.54, 1.807) is 20.1 Å². The van der Waals surface area contributed by atoms with Crippen LogP contribution in [0.4, 0.5) is 4.39 Å². The predicted molar refractivity (Wildman–Crippen MR) is 72.2 cm³/mol. The van der Waals surface area contributed by atoms with Crippen LogP contribution in [-0.2, 0) is 19.8 Å². The van der Waals surface area contributed by atoms with E-state index in [0.717, 1.165) is 0 Å². The van der Waals surface area contributed by atoms with Crippen LogP contribution in [0.15, 0.2) is 18.2 Å². The zero-order valence-corrected chi connectivity index (χ0v) is 12.2. The second-order valence-electron chi connectivity index (χ2n) is 4.39. The van der Waals surface area contributed by atoms with Gasteiger partial charge < -0.3 is 14.2 Å². The normalized spacial score (nSPS) is 13.7. The monoisotopic (exact) mass is 285 g/mol. The van der Waals surface area contributed by atoms with Crippen molar-refractivity contribution in [1.29, 1.82) is 0 Å². The van der Waals surface area contributed by atoms with E-state index in [0.29, 0.717) is 18.7 Å². The second kappa shape index (κ2) is 7.21. The predicted octanol–water partition coefficient (Wildman–Crippen LogP) is 1.46. The average molecular weight is 285 g/mol. The standard InChI is InChI=1S/C14H20FNO4/c1-14(13(17)20-4,16-7-8-18-2)10-5-6-12(19-3)11(15)9-10/h5-6,9,16H,7-8H2,1-4H3. The molecule has 0 saturated heterocycles. The van der Waals surface area contributed by atoms with Crippen molar-refractivity contribution in [2.24, 2.45) is 0 Å². The molecule has 0 aliphatic carbocycles. The highest BCUT2D eigenvalue weighted by atomic mass is 19.1. The third-order valence-electron chi connectivity index (χ3n) is 3.11. The van der Waals surface area contributed by atoms with Crippen molar-refractivity contribution >= 4 is 5.97 Å². The fraction of sp³-hybridized carbons (Fsp3) is 0.500. The third-order valence-corrected chi connectivity index (χ3v) is 3.11. The second-order valence-corrected chi connectivity index (χ2v) is 4.39. The molecule has 0 spiro atoms. The Kier molecular flexibility index (Phi) is 5.91. The summed E-state index contributed by atoms with van der Waals surface area (Å²) >= 11 is 0. The number of carbonyl (C=O) groups excluding carboxylic acids is 1. The van der Waals surface area contributed by atoms with Crippen molar-refractivity contribution in [3.63, 3.8) is 0 Å². The summed E-state index contributed by atoms with van der Waals surface area (Å²) in [6.45, 7) is 2.48. The number of esters is 1. The van der Waals surface area contributed by atoms with Gasteiger partial charge in [-0.25, -0.2) is 9.18 Å². The van der Waals surface area contributed by atoms with Crippen LogP contribution in [0.25, 0.3) is 0 Å². The molecule has 1 rings (SSSR count). The summed E-state index contributed by atoms with van der Waals surface area (Å²) in [6, 6.07) is 4.36. The van der Waals surface area contributed by atoms with Gasteiger partial charge in [-0.1, -0.05) is 6.07 Å². The van der Waals surface area contributed by atoms with Crippen LogP contribution in [0, 0.1) is 5.82 Å². The zero-order chi connectivity index (χ0) is 15.2. The molecule has 1 atom stereocenters. The highest BCUT2D eigenvalue weighted by molar-refractivity contribution is 5.82. The van der Waals surface area contributed by atoms with E-state index in [1.165, 1.54) is 26.4 Å². The van der Waals surface area contributed by atoms with E-state index in [1.807, 2.05) is 0 Å². The van der Waals surface area contributed by atoms with Crippen LogP contribution >= 0.6 is 0 Å². The molecule has 1 N–H and O–H groups in total. The van der Waals surface area contributed by atoms with E-state index in [9.17, 15) is 9.18 Å². The fourth-order valence-corrected chi connectivity index (χ4v) is 1.88. The first-order valence-electron chi connectivity index (χ1n) is 6.16. The fourth-order valence-electron chi connectivity index (χ4n) is 1.88. The molecule has 0 aliphatic rings. The summed E-state index contributed by atoms with van der Waals surface area (Å²) in [5, 5.41) is 3.02. The molecule has 1 aromatic rings. The van der Waals surface area contributed by atoms with Gasteiger partial charge in [0.05, 0.1) is 20.8 Å². The van der Waals surface area contributed by atoms with Gasteiger partial charge in [0.1, 0.15) is 5.54 Å². The maximum atomic E-state index is 13.8. The Morgan fingerprint density at radius 1 is 1.35 bits per heavy atom. The van der Waals surface area contributed by atoms with Crippen molar-refractivity contribution in [2.75, 3.05) is 34.5 Å². The van der Waals surface area contributed by atoms with Crippen LogP contribution < -0.4 is 10.1 Å². The van der Waals surface area contributed by atoms with Gasteiger partial charge in [0.25, 0.3) is 0 Å². The third kappa shape index (κ3) is 3.46. The summed E-state index contributed by atoms with van der Waals surface area (Å²) in [6.07, 6.45) is 0. The lowest BCUT2D eigenvalue weighted by Crippen LogP contribution is -2.48. The summed E-state index contributed by atoms with van der Waals surface area (Å²) < 4.78 is 28.4. The molecule has 1 aromatic carbocycles. The van der Waals surface area contributed by atoms with Gasteiger partial charge >= 0.3 is 5.97 Å². The molecule has 112 valence electrons. The van der Waals surface area contributed by atoms with Gasteiger partial charge in [-0.3, -0.25) is 5.32 Å².